The standard InChI is InChI=1S/2C22H24N.C13H24O2.Ir/c2*1-13(2)21-16(5)12-20-19(17(21)6)7-8-23-22(20)18-10-14(3)9-15(4)11-18;1-5-10(6-2)12(14)9-13(15)11(7-3)8-4;/h2*7-10,12-13H,1-6H3;9-11,14H,5-8H2,1-4H3;/q2*-1;;/b;;12-9-;/i2*7D,8D;;. The molecule has 1 radical (unpaired) electrons. The monoisotopic (exact) mass is 1010 g/mol. The number of nitrogens with zero attached hydrogens (tertiary/aromatic N) is 2. The molecule has 2 heterocycles. The summed E-state index contributed by atoms with van der Waals surface area (Å²) in [6, 6.07) is 19.7. The molecular formula is C57H72IrN2O2-2. The fraction of sp³-hybridized carbons (Fsp3) is 0.421. The van der Waals surface area contributed by atoms with Crippen molar-refractivity contribution >= 4 is 27.3 Å². The first-order valence-corrected chi connectivity index (χ1v) is 22.3. The first kappa shape index (κ1) is 45.6. The minimum absolute atomic E-state index is 0. The summed E-state index contributed by atoms with van der Waals surface area (Å²) in [5, 5.41) is 13.3. The van der Waals surface area contributed by atoms with Crippen molar-refractivity contribution in [1.29, 1.82) is 0 Å². The zero-order valence-electron chi connectivity index (χ0n) is 44.3. The Bertz CT molecular complexity index is 2530. The van der Waals surface area contributed by atoms with Gasteiger partial charge in [0.2, 0.25) is 0 Å². The van der Waals surface area contributed by atoms with E-state index in [1.54, 1.807) is 0 Å². The van der Waals surface area contributed by atoms with Crippen LogP contribution in [0.5, 0.6) is 0 Å². The number of pyridine rings is 2. The molecule has 333 valence electrons. The molecule has 0 fully saturated rings. The molecule has 1 N–H and O–H groups in total. The molecule has 0 bridgehead atoms. The van der Waals surface area contributed by atoms with E-state index < -0.39 is 0 Å². The molecule has 6 aromatic rings. The molecule has 4 aromatic carbocycles. The number of ketones is 1. The Kier molecular flexibility index (Phi) is 17.1. The van der Waals surface area contributed by atoms with E-state index >= 15 is 0 Å². The smallest absolute Gasteiger partial charge is 0.162 e. The van der Waals surface area contributed by atoms with Gasteiger partial charge in [-0.1, -0.05) is 95.2 Å². The second-order valence-electron chi connectivity index (χ2n) is 17.5. The van der Waals surface area contributed by atoms with Crippen molar-refractivity contribution in [3.63, 3.8) is 0 Å². The maximum atomic E-state index is 11.7. The molecule has 62 heavy (non-hydrogen) atoms. The quantitative estimate of drug-likeness (QED) is 0.0798. The third-order valence-corrected chi connectivity index (χ3v) is 11.9. The van der Waals surface area contributed by atoms with E-state index in [4.69, 9.17) is 5.48 Å². The van der Waals surface area contributed by atoms with E-state index in [2.05, 4.69) is 128 Å². The number of aliphatic hydroxyl groups is 1. The number of allylic oxidation sites excluding steroid dienone is 2. The molecule has 2 aromatic heterocycles. The molecule has 4 nitrogen and oxygen atoms in total. The molecule has 0 aliphatic rings. The molecule has 0 atom stereocenters. The number of carbonyl (C=O) groups is 1. The molecule has 0 unspecified atom stereocenters. The summed E-state index contributed by atoms with van der Waals surface area (Å²) in [5.74, 6) is 1.30. The summed E-state index contributed by atoms with van der Waals surface area (Å²) in [6.07, 6.45) is 4.96. The van der Waals surface area contributed by atoms with Gasteiger partial charge in [0.25, 0.3) is 0 Å². The number of aliphatic hydroxyl groups excluding tert-OH is 1. The van der Waals surface area contributed by atoms with Gasteiger partial charge in [0.05, 0.1) is 11.2 Å². The largest absolute Gasteiger partial charge is 0.512 e. The number of rotatable bonds is 11. The fourth-order valence-electron chi connectivity index (χ4n) is 9.11. The fourth-order valence-corrected chi connectivity index (χ4v) is 9.11. The van der Waals surface area contributed by atoms with Crippen LogP contribution in [0.2, 0.25) is 0 Å². The summed E-state index contributed by atoms with van der Waals surface area (Å²) < 4.78 is 33.3. The van der Waals surface area contributed by atoms with Gasteiger partial charge in [-0.15, -0.1) is 69.8 Å². The second kappa shape index (κ2) is 23.3. The second-order valence-corrected chi connectivity index (χ2v) is 17.5. The maximum absolute atomic E-state index is 11.7. The van der Waals surface area contributed by atoms with E-state index in [-0.39, 0.29) is 67.9 Å². The number of aromatic nitrogens is 2. The molecule has 0 aliphatic carbocycles. The van der Waals surface area contributed by atoms with Gasteiger partial charge in [0.15, 0.2) is 5.78 Å². The SMILES string of the molecule is CCC(CC)C(=O)/C=C(\O)C(CC)CC.[2H]c1nc(-c2[c-]c(C)cc(C)c2)c2cc(C)c(C(C)C)c(C)c2c1[2H].[2H]c1nc(-c2[c-]c(C)cc(C)c2)c2cc(C)c(C(C)C)c(C)c2c1[2H].[Ir]. The van der Waals surface area contributed by atoms with Gasteiger partial charge in [0, 0.05) is 50.4 Å². The normalized spacial score (nSPS) is 12.4. The predicted octanol–water partition coefficient (Wildman–Crippen LogP) is 16.0. The van der Waals surface area contributed by atoms with Crippen LogP contribution >= 0.6 is 0 Å². The number of fused-ring (bicyclic) bond motifs is 2. The van der Waals surface area contributed by atoms with E-state index in [0.29, 0.717) is 11.8 Å². The van der Waals surface area contributed by atoms with E-state index in [1.807, 2.05) is 41.5 Å². The van der Waals surface area contributed by atoms with Crippen LogP contribution in [0.1, 0.15) is 154 Å². The zero-order chi connectivity index (χ0) is 48.8. The average molecular weight is 1010 g/mol. The number of carbonyl (C=O) groups excluding carboxylic acids is 1. The third-order valence-electron chi connectivity index (χ3n) is 11.9. The van der Waals surface area contributed by atoms with Gasteiger partial charge in [0.1, 0.15) is 0 Å². The van der Waals surface area contributed by atoms with Gasteiger partial charge in [-0.2, -0.15) is 0 Å². The molecule has 0 aliphatic heterocycles. The molecule has 5 heteroatoms. The van der Waals surface area contributed by atoms with Gasteiger partial charge in [-0.3, -0.25) is 4.79 Å². The van der Waals surface area contributed by atoms with Gasteiger partial charge in [-0.25, -0.2) is 0 Å². The Hall–Kier alpha value is -4.44. The molecule has 0 saturated heterocycles. The Balaban J connectivity index is 0.000000271. The predicted molar refractivity (Wildman–Crippen MR) is 262 cm³/mol. The summed E-state index contributed by atoms with van der Waals surface area (Å²) >= 11 is 0. The molecule has 0 spiro atoms. The van der Waals surface area contributed by atoms with Crippen molar-refractivity contribution in [1.82, 2.24) is 9.97 Å². The summed E-state index contributed by atoms with van der Waals surface area (Å²) in [4.78, 5) is 20.6. The topological polar surface area (TPSA) is 63.1 Å². The van der Waals surface area contributed by atoms with Crippen molar-refractivity contribution in [2.45, 2.75) is 148 Å². The average Bonchev–Trinajstić information content (AvgIpc) is 3.20. The van der Waals surface area contributed by atoms with Crippen LogP contribution in [-0.4, -0.2) is 20.9 Å². The zero-order valence-corrected chi connectivity index (χ0v) is 42.7. The summed E-state index contributed by atoms with van der Waals surface area (Å²) in [7, 11) is 0. The number of aryl methyl sites for hydroxylation is 8. The van der Waals surface area contributed by atoms with Crippen molar-refractivity contribution in [2.75, 3.05) is 0 Å². The minimum Gasteiger partial charge on any atom is -0.512 e. The number of benzene rings is 4. The van der Waals surface area contributed by atoms with Crippen LogP contribution < -0.4 is 0 Å². The van der Waals surface area contributed by atoms with Gasteiger partial charge >= 0.3 is 0 Å². The van der Waals surface area contributed by atoms with E-state index in [9.17, 15) is 9.90 Å². The maximum Gasteiger partial charge on any atom is 0.162 e. The van der Waals surface area contributed by atoms with Crippen LogP contribution in [0.25, 0.3) is 44.1 Å². The first-order valence-electron chi connectivity index (χ1n) is 24.3. The van der Waals surface area contributed by atoms with E-state index in [1.165, 1.54) is 28.3 Å². The van der Waals surface area contributed by atoms with Crippen molar-refractivity contribution < 1.29 is 35.5 Å². The van der Waals surface area contributed by atoms with Crippen LogP contribution in [0.4, 0.5) is 0 Å². The van der Waals surface area contributed by atoms with Crippen molar-refractivity contribution in [3.8, 4) is 22.5 Å². The summed E-state index contributed by atoms with van der Waals surface area (Å²) in [6.45, 7) is 33.3. The van der Waals surface area contributed by atoms with Crippen molar-refractivity contribution in [3.05, 3.63) is 140 Å². The van der Waals surface area contributed by atoms with Gasteiger partial charge < -0.3 is 15.1 Å². The van der Waals surface area contributed by atoms with Gasteiger partial charge in [-0.05, 0) is 144 Å². The van der Waals surface area contributed by atoms with E-state index in [0.717, 1.165) is 103 Å². The van der Waals surface area contributed by atoms with Crippen LogP contribution in [-0.2, 0) is 24.9 Å². The van der Waals surface area contributed by atoms with Crippen LogP contribution in [0, 0.1) is 79.4 Å². The Labute approximate surface area is 394 Å². The number of hydrogen-bond donors (Lipinski definition) is 1. The number of hydrogen-bond acceptors (Lipinski definition) is 4. The third kappa shape index (κ3) is 12.4. The Morgan fingerprint density at radius 3 is 1.31 bits per heavy atom. The molecule has 0 saturated carbocycles. The molecular weight excluding hydrogens is 937 g/mol. The van der Waals surface area contributed by atoms with Crippen LogP contribution in [0.15, 0.2) is 72.7 Å². The Morgan fingerprint density at radius 2 is 0.984 bits per heavy atom. The van der Waals surface area contributed by atoms with Crippen LogP contribution in [0.3, 0.4) is 0 Å². The Morgan fingerprint density at radius 1 is 0.613 bits per heavy atom. The van der Waals surface area contributed by atoms with Crippen molar-refractivity contribution in [2.24, 2.45) is 11.8 Å². The minimum atomic E-state index is 0. The molecule has 6 rings (SSSR count). The summed E-state index contributed by atoms with van der Waals surface area (Å²) in [5.41, 5.74) is 14.8. The molecule has 0 amide bonds. The first-order chi connectivity index (χ1) is 30.5.